The van der Waals surface area contributed by atoms with Crippen LogP contribution in [0.1, 0.15) is 25.3 Å². The first-order chi connectivity index (χ1) is 7.36. The summed E-state index contributed by atoms with van der Waals surface area (Å²) in [5.74, 6) is 0. The Morgan fingerprint density at radius 2 is 2.27 bits per heavy atom. The van der Waals surface area contributed by atoms with E-state index in [1.807, 2.05) is 18.5 Å². The van der Waals surface area contributed by atoms with Gasteiger partial charge in [-0.05, 0) is 24.6 Å². The van der Waals surface area contributed by atoms with E-state index in [2.05, 4.69) is 38.8 Å². The van der Waals surface area contributed by atoms with Gasteiger partial charge in [-0.3, -0.25) is 9.88 Å². The lowest BCUT2D eigenvalue weighted by Gasteiger charge is -2.20. The summed E-state index contributed by atoms with van der Waals surface area (Å²) in [6, 6.07) is 4.14. The van der Waals surface area contributed by atoms with Crippen LogP contribution in [-0.2, 0) is 6.54 Å². The Labute approximate surface area is 101 Å². The normalized spacial score (nSPS) is 10.9. The SMILES string of the molecule is CCCCN(CCBr)Cc1cccnc1. The van der Waals surface area contributed by atoms with Gasteiger partial charge in [0.25, 0.3) is 0 Å². The molecule has 1 aromatic rings. The van der Waals surface area contributed by atoms with E-state index >= 15 is 0 Å². The van der Waals surface area contributed by atoms with Crippen molar-refractivity contribution in [2.24, 2.45) is 0 Å². The van der Waals surface area contributed by atoms with Crippen LogP contribution < -0.4 is 0 Å². The first-order valence-electron chi connectivity index (χ1n) is 5.54. The van der Waals surface area contributed by atoms with Crippen molar-refractivity contribution in [3.05, 3.63) is 30.1 Å². The van der Waals surface area contributed by atoms with Crippen molar-refractivity contribution in [1.82, 2.24) is 9.88 Å². The van der Waals surface area contributed by atoms with Crippen LogP contribution in [-0.4, -0.2) is 28.3 Å². The van der Waals surface area contributed by atoms with E-state index in [0.29, 0.717) is 0 Å². The molecule has 0 fully saturated rings. The Morgan fingerprint density at radius 1 is 1.40 bits per heavy atom. The molecule has 2 nitrogen and oxygen atoms in total. The minimum absolute atomic E-state index is 1.01. The Balaban J connectivity index is 2.43. The molecular formula is C12H19BrN2. The van der Waals surface area contributed by atoms with Gasteiger partial charge in [0.05, 0.1) is 0 Å². The fraction of sp³-hybridized carbons (Fsp3) is 0.583. The monoisotopic (exact) mass is 270 g/mol. The number of nitrogens with zero attached hydrogens (tertiary/aromatic N) is 2. The molecule has 0 N–H and O–H groups in total. The van der Waals surface area contributed by atoms with Crippen LogP contribution in [0, 0.1) is 0 Å². The summed E-state index contributed by atoms with van der Waals surface area (Å²) in [5.41, 5.74) is 1.30. The van der Waals surface area contributed by atoms with Crippen molar-refractivity contribution in [3.63, 3.8) is 0 Å². The van der Waals surface area contributed by atoms with E-state index in [1.54, 1.807) is 0 Å². The molecule has 0 aliphatic heterocycles. The van der Waals surface area contributed by atoms with Crippen molar-refractivity contribution in [2.45, 2.75) is 26.3 Å². The average Bonchev–Trinajstić information content (AvgIpc) is 2.28. The van der Waals surface area contributed by atoms with Crippen molar-refractivity contribution in [3.8, 4) is 0 Å². The van der Waals surface area contributed by atoms with Gasteiger partial charge in [0, 0.05) is 30.8 Å². The summed E-state index contributed by atoms with van der Waals surface area (Å²) < 4.78 is 0. The Bertz CT molecular complexity index is 251. The van der Waals surface area contributed by atoms with Gasteiger partial charge in [0.15, 0.2) is 0 Å². The molecule has 0 aliphatic carbocycles. The van der Waals surface area contributed by atoms with E-state index in [0.717, 1.165) is 18.4 Å². The quantitative estimate of drug-likeness (QED) is 0.708. The van der Waals surface area contributed by atoms with Crippen LogP contribution in [0.5, 0.6) is 0 Å². The molecule has 0 radical (unpaired) electrons. The van der Waals surface area contributed by atoms with Crippen LogP contribution in [0.4, 0.5) is 0 Å². The molecule has 15 heavy (non-hydrogen) atoms. The molecule has 0 aromatic carbocycles. The molecule has 1 heterocycles. The number of aromatic nitrogens is 1. The molecular weight excluding hydrogens is 252 g/mol. The van der Waals surface area contributed by atoms with Gasteiger partial charge >= 0.3 is 0 Å². The summed E-state index contributed by atoms with van der Waals surface area (Å²) in [7, 11) is 0. The van der Waals surface area contributed by atoms with Crippen molar-refractivity contribution in [1.29, 1.82) is 0 Å². The van der Waals surface area contributed by atoms with E-state index in [4.69, 9.17) is 0 Å². The van der Waals surface area contributed by atoms with Crippen LogP contribution >= 0.6 is 15.9 Å². The van der Waals surface area contributed by atoms with E-state index in [-0.39, 0.29) is 0 Å². The number of halogens is 1. The van der Waals surface area contributed by atoms with Gasteiger partial charge in [-0.1, -0.05) is 35.3 Å². The maximum atomic E-state index is 4.14. The second-order valence-electron chi connectivity index (χ2n) is 3.68. The highest BCUT2D eigenvalue weighted by molar-refractivity contribution is 9.09. The predicted molar refractivity (Wildman–Crippen MR) is 68.2 cm³/mol. The van der Waals surface area contributed by atoms with Gasteiger partial charge in [0.2, 0.25) is 0 Å². The standard InChI is InChI=1S/C12H19BrN2/c1-2-3-8-15(9-6-13)11-12-5-4-7-14-10-12/h4-5,7,10H,2-3,6,8-9,11H2,1H3. The zero-order valence-electron chi connectivity index (χ0n) is 9.32. The Hall–Kier alpha value is -0.410. The third-order valence-electron chi connectivity index (χ3n) is 2.36. The van der Waals surface area contributed by atoms with Gasteiger partial charge in [0.1, 0.15) is 0 Å². The van der Waals surface area contributed by atoms with E-state index in [9.17, 15) is 0 Å². The lowest BCUT2D eigenvalue weighted by molar-refractivity contribution is 0.278. The maximum Gasteiger partial charge on any atom is 0.0312 e. The molecule has 0 aliphatic rings. The van der Waals surface area contributed by atoms with Gasteiger partial charge in [-0.15, -0.1) is 0 Å². The number of unbranched alkanes of at least 4 members (excludes halogenated alkanes) is 1. The van der Waals surface area contributed by atoms with Crippen LogP contribution in [0.3, 0.4) is 0 Å². The summed E-state index contributed by atoms with van der Waals surface area (Å²) in [6.45, 7) is 5.53. The number of hydrogen-bond donors (Lipinski definition) is 0. The third-order valence-corrected chi connectivity index (χ3v) is 2.71. The first kappa shape index (κ1) is 12.7. The topological polar surface area (TPSA) is 16.1 Å². The first-order valence-corrected chi connectivity index (χ1v) is 6.66. The number of hydrogen-bond acceptors (Lipinski definition) is 2. The van der Waals surface area contributed by atoms with Crippen molar-refractivity contribution < 1.29 is 0 Å². The molecule has 84 valence electrons. The minimum atomic E-state index is 1.01. The van der Waals surface area contributed by atoms with Gasteiger partial charge in [-0.2, -0.15) is 0 Å². The molecule has 0 saturated heterocycles. The largest absolute Gasteiger partial charge is 0.298 e. The van der Waals surface area contributed by atoms with Gasteiger partial charge < -0.3 is 0 Å². The van der Waals surface area contributed by atoms with E-state index < -0.39 is 0 Å². The molecule has 0 spiro atoms. The maximum absolute atomic E-state index is 4.14. The molecule has 1 aromatic heterocycles. The summed E-state index contributed by atoms with van der Waals surface area (Å²) >= 11 is 3.50. The van der Waals surface area contributed by atoms with E-state index in [1.165, 1.54) is 24.9 Å². The summed E-state index contributed by atoms with van der Waals surface area (Å²) in [5, 5.41) is 1.04. The smallest absolute Gasteiger partial charge is 0.0312 e. The fourth-order valence-corrected chi connectivity index (χ4v) is 2.02. The van der Waals surface area contributed by atoms with Crippen molar-refractivity contribution >= 4 is 15.9 Å². The highest BCUT2D eigenvalue weighted by atomic mass is 79.9. The number of rotatable bonds is 7. The molecule has 0 amide bonds. The van der Waals surface area contributed by atoms with Gasteiger partial charge in [-0.25, -0.2) is 0 Å². The van der Waals surface area contributed by atoms with Crippen LogP contribution in [0.2, 0.25) is 0 Å². The third kappa shape index (κ3) is 5.28. The molecule has 0 saturated carbocycles. The molecule has 3 heteroatoms. The van der Waals surface area contributed by atoms with Crippen LogP contribution in [0.15, 0.2) is 24.5 Å². The Morgan fingerprint density at radius 3 is 2.87 bits per heavy atom. The molecule has 0 unspecified atom stereocenters. The highest BCUT2D eigenvalue weighted by Crippen LogP contribution is 2.05. The second kappa shape index (κ2) is 7.83. The fourth-order valence-electron chi connectivity index (χ4n) is 1.52. The van der Waals surface area contributed by atoms with Crippen LogP contribution in [0.25, 0.3) is 0 Å². The minimum Gasteiger partial charge on any atom is -0.298 e. The predicted octanol–water partition coefficient (Wildman–Crippen LogP) is 3.08. The number of pyridine rings is 1. The highest BCUT2D eigenvalue weighted by Gasteiger charge is 2.04. The summed E-state index contributed by atoms with van der Waals surface area (Å²) in [6.07, 6.45) is 6.30. The average molecular weight is 271 g/mol. The van der Waals surface area contributed by atoms with Crippen molar-refractivity contribution in [2.75, 3.05) is 18.4 Å². The molecule has 0 bridgehead atoms. The number of alkyl halides is 1. The summed E-state index contributed by atoms with van der Waals surface area (Å²) in [4.78, 5) is 6.61. The second-order valence-corrected chi connectivity index (χ2v) is 4.47. The lowest BCUT2D eigenvalue weighted by Crippen LogP contribution is -2.26. The zero-order chi connectivity index (χ0) is 10.9. The Kier molecular flexibility index (Phi) is 6.60. The molecule has 0 atom stereocenters. The lowest BCUT2D eigenvalue weighted by atomic mass is 10.2. The molecule has 1 rings (SSSR count). The zero-order valence-corrected chi connectivity index (χ0v) is 10.9.